The zero-order valence-corrected chi connectivity index (χ0v) is 22.6. The van der Waals surface area contributed by atoms with Gasteiger partial charge in [0.25, 0.3) is 5.91 Å². The Balaban J connectivity index is 1.28. The van der Waals surface area contributed by atoms with Crippen molar-refractivity contribution in [3.05, 3.63) is 59.1 Å². The van der Waals surface area contributed by atoms with Crippen LogP contribution in [0.5, 0.6) is 0 Å². The summed E-state index contributed by atoms with van der Waals surface area (Å²) in [6, 6.07) is 17.4. The summed E-state index contributed by atoms with van der Waals surface area (Å²) in [5.74, 6) is -0.114. The van der Waals surface area contributed by atoms with Gasteiger partial charge in [-0.1, -0.05) is 49.6 Å². The third-order valence-corrected chi connectivity index (χ3v) is 8.57. The second-order valence-corrected chi connectivity index (χ2v) is 11.1. The minimum Gasteiger partial charge on any atom is -0.352 e. The molecule has 8 nitrogen and oxygen atoms in total. The average molecular weight is 569 g/mol. The van der Waals surface area contributed by atoms with Crippen LogP contribution in [0.4, 0.5) is 16.2 Å². The largest absolute Gasteiger partial charge is 0.352 e. The predicted molar refractivity (Wildman–Crippen MR) is 147 cm³/mol. The van der Waals surface area contributed by atoms with Gasteiger partial charge in [0.2, 0.25) is 5.91 Å². The van der Waals surface area contributed by atoms with Crippen molar-refractivity contribution in [2.75, 3.05) is 36.5 Å². The van der Waals surface area contributed by atoms with Crippen LogP contribution in [0.15, 0.2) is 59.1 Å². The lowest BCUT2D eigenvalue weighted by molar-refractivity contribution is -0.137. The summed E-state index contributed by atoms with van der Waals surface area (Å²) in [6.45, 7) is 1.33. The van der Waals surface area contributed by atoms with E-state index in [0.29, 0.717) is 38.3 Å². The van der Waals surface area contributed by atoms with Gasteiger partial charge in [0.15, 0.2) is 0 Å². The fraction of sp³-hybridized carbons (Fsp3) is 0.464. The quantitative estimate of drug-likeness (QED) is 0.554. The van der Waals surface area contributed by atoms with Crippen LogP contribution in [0.3, 0.4) is 0 Å². The van der Waals surface area contributed by atoms with Crippen LogP contribution in [-0.4, -0.2) is 65.5 Å². The van der Waals surface area contributed by atoms with Gasteiger partial charge in [-0.25, -0.2) is 4.79 Å². The minimum absolute atomic E-state index is 0.0268. The molecule has 0 atom stereocenters. The number of carbonyl (C=O) groups excluding carboxylic acids is 3. The molecule has 1 aliphatic carbocycles. The highest BCUT2D eigenvalue weighted by Crippen LogP contribution is 2.39. The van der Waals surface area contributed by atoms with Gasteiger partial charge in [-0.2, -0.15) is 0 Å². The summed E-state index contributed by atoms with van der Waals surface area (Å²) in [5, 5.41) is 6.11. The number of amides is 4. The Morgan fingerprint density at radius 3 is 2.32 bits per heavy atom. The van der Waals surface area contributed by atoms with E-state index in [1.165, 1.54) is 6.42 Å². The van der Waals surface area contributed by atoms with Crippen molar-refractivity contribution >= 4 is 45.2 Å². The van der Waals surface area contributed by atoms with Gasteiger partial charge in [0.05, 0.1) is 12.4 Å². The van der Waals surface area contributed by atoms with Crippen molar-refractivity contribution in [1.82, 2.24) is 15.1 Å². The predicted octanol–water partition coefficient (Wildman–Crippen LogP) is 4.57. The molecule has 1 spiro atoms. The molecule has 0 aromatic heterocycles. The van der Waals surface area contributed by atoms with E-state index in [1.807, 2.05) is 54.6 Å². The van der Waals surface area contributed by atoms with Crippen molar-refractivity contribution in [3.63, 3.8) is 0 Å². The summed E-state index contributed by atoms with van der Waals surface area (Å²) in [7, 11) is 0. The maximum atomic E-state index is 13.9. The first kappa shape index (κ1) is 25.6. The fourth-order valence-electron chi connectivity index (χ4n) is 5.85. The Hall–Kier alpha value is -3.07. The Morgan fingerprint density at radius 1 is 0.946 bits per heavy atom. The Bertz CT molecular complexity index is 1130. The molecule has 2 aromatic carbocycles. The number of rotatable bonds is 5. The Kier molecular flexibility index (Phi) is 7.69. The standard InChI is InChI=1S/C28H34BrN5O3/c29-23-13-7-8-14-24(23)31-27(37)32-17-15-28(16-18-32)26(36)33(20-34(28)22-11-5-2-6-12-22)19-25(35)30-21-9-3-1-4-10-21/h2,5-8,11-14,21H,1,3-4,9-10,15-20H2,(H,30,35)(H,31,37). The van der Waals surface area contributed by atoms with Crippen LogP contribution >= 0.6 is 15.9 Å². The molecular weight excluding hydrogens is 534 g/mol. The highest BCUT2D eigenvalue weighted by atomic mass is 79.9. The van der Waals surface area contributed by atoms with Crippen molar-refractivity contribution in [2.24, 2.45) is 0 Å². The molecule has 2 aromatic rings. The summed E-state index contributed by atoms with van der Waals surface area (Å²) in [5.41, 5.74) is 0.902. The highest BCUT2D eigenvalue weighted by Gasteiger charge is 2.54. The summed E-state index contributed by atoms with van der Waals surface area (Å²) in [6.07, 6.45) is 6.54. The number of nitrogens with zero attached hydrogens (tertiary/aromatic N) is 3. The average Bonchev–Trinajstić information content (AvgIpc) is 3.17. The van der Waals surface area contributed by atoms with Gasteiger partial charge in [0, 0.05) is 29.3 Å². The fourth-order valence-corrected chi connectivity index (χ4v) is 6.24. The van der Waals surface area contributed by atoms with Crippen LogP contribution in [0.2, 0.25) is 0 Å². The molecule has 2 heterocycles. The lowest BCUT2D eigenvalue weighted by Gasteiger charge is -2.43. The van der Waals surface area contributed by atoms with Gasteiger partial charge in [-0.3, -0.25) is 9.59 Å². The smallest absolute Gasteiger partial charge is 0.321 e. The number of carbonyl (C=O) groups is 3. The van der Waals surface area contributed by atoms with Gasteiger partial charge in [0.1, 0.15) is 12.1 Å². The molecule has 196 valence electrons. The second kappa shape index (κ2) is 11.1. The SMILES string of the molecule is O=C(CN1CN(c2ccccc2)C2(CCN(C(=O)Nc3ccccc3Br)CC2)C1=O)NC1CCCCC1. The van der Waals surface area contributed by atoms with Crippen molar-refractivity contribution in [2.45, 2.75) is 56.5 Å². The van der Waals surface area contributed by atoms with E-state index >= 15 is 0 Å². The molecule has 1 saturated carbocycles. The van der Waals surface area contributed by atoms with Crippen LogP contribution < -0.4 is 15.5 Å². The maximum Gasteiger partial charge on any atom is 0.321 e. The van der Waals surface area contributed by atoms with Gasteiger partial charge in [-0.15, -0.1) is 0 Å². The van der Waals surface area contributed by atoms with E-state index in [0.717, 1.165) is 35.8 Å². The van der Waals surface area contributed by atoms with Gasteiger partial charge < -0.3 is 25.3 Å². The summed E-state index contributed by atoms with van der Waals surface area (Å²) >= 11 is 3.47. The minimum atomic E-state index is -0.767. The van der Waals surface area contributed by atoms with Gasteiger partial charge >= 0.3 is 6.03 Å². The lowest BCUT2D eigenvalue weighted by Crippen LogP contribution is -2.58. The van der Waals surface area contributed by atoms with Gasteiger partial charge in [-0.05, 0) is 65.9 Å². The Morgan fingerprint density at radius 2 is 1.62 bits per heavy atom. The zero-order valence-electron chi connectivity index (χ0n) is 21.0. The molecule has 2 aliphatic heterocycles. The number of piperidine rings is 1. The van der Waals surface area contributed by atoms with Crippen molar-refractivity contribution < 1.29 is 14.4 Å². The Labute approximate surface area is 226 Å². The first-order valence-electron chi connectivity index (χ1n) is 13.2. The topological polar surface area (TPSA) is 85.0 Å². The number of benzene rings is 2. The summed E-state index contributed by atoms with van der Waals surface area (Å²) in [4.78, 5) is 45.3. The number of hydrogen-bond acceptors (Lipinski definition) is 4. The normalized spacial score (nSPS) is 19.8. The van der Waals surface area contributed by atoms with Crippen LogP contribution in [0.1, 0.15) is 44.9 Å². The number of hydrogen-bond donors (Lipinski definition) is 2. The third-order valence-electron chi connectivity index (χ3n) is 7.88. The number of halogens is 1. The maximum absolute atomic E-state index is 13.9. The van der Waals surface area contributed by atoms with E-state index in [4.69, 9.17) is 0 Å². The molecule has 0 unspecified atom stereocenters. The third kappa shape index (κ3) is 5.46. The van der Waals surface area contributed by atoms with E-state index < -0.39 is 5.54 Å². The first-order valence-corrected chi connectivity index (χ1v) is 14.0. The lowest BCUT2D eigenvalue weighted by atomic mass is 9.85. The molecule has 9 heteroatoms. The summed E-state index contributed by atoms with van der Waals surface area (Å²) < 4.78 is 0.820. The van der Waals surface area contributed by atoms with E-state index in [2.05, 4.69) is 31.5 Å². The van der Waals surface area contributed by atoms with Crippen LogP contribution in [0.25, 0.3) is 0 Å². The molecular formula is C28H34BrN5O3. The van der Waals surface area contributed by atoms with Crippen LogP contribution in [0, 0.1) is 0 Å². The molecule has 2 N–H and O–H groups in total. The molecule has 5 rings (SSSR count). The first-order chi connectivity index (χ1) is 18.0. The number of likely N-dealkylation sites (tertiary alicyclic amines) is 1. The number of nitrogens with one attached hydrogen (secondary N) is 2. The number of urea groups is 1. The van der Waals surface area contributed by atoms with E-state index in [9.17, 15) is 14.4 Å². The molecule has 3 aliphatic rings. The molecule has 37 heavy (non-hydrogen) atoms. The molecule has 4 amide bonds. The van der Waals surface area contributed by atoms with E-state index in [1.54, 1.807) is 9.80 Å². The molecule has 2 saturated heterocycles. The molecule has 0 bridgehead atoms. The van der Waals surface area contributed by atoms with Crippen molar-refractivity contribution in [1.29, 1.82) is 0 Å². The highest BCUT2D eigenvalue weighted by molar-refractivity contribution is 9.10. The number of para-hydroxylation sites is 2. The monoisotopic (exact) mass is 567 g/mol. The molecule has 0 radical (unpaired) electrons. The molecule has 3 fully saturated rings. The zero-order chi connectivity index (χ0) is 25.8. The van der Waals surface area contributed by atoms with Crippen LogP contribution in [-0.2, 0) is 9.59 Å². The van der Waals surface area contributed by atoms with Crippen molar-refractivity contribution in [3.8, 4) is 0 Å². The number of anilines is 2. The van der Waals surface area contributed by atoms with E-state index in [-0.39, 0.29) is 30.4 Å². The second-order valence-electron chi connectivity index (χ2n) is 10.2.